The molecule has 3 nitrogen and oxygen atoms in total. The summed E-state index contributed by atoms with van der Waals surface area (Å²) in [6.45, 7) is 4.87. The van der Waals surface area contributed by atoms with Crippen molar-refractivity contribution in [2.45, 2.75) is 19.3 Å². The molecule has 0 radical (unpaired) electrons. The lowest BCUT2D eigenvalue weighted by Gasteiger charge is -2.21. The highest BCUT2D eigenvalue weighted by Crippen LogP contribution is 2.14. The van der Waals surface area contributed by atoms with E-state index in [-0.39, 0.29) is 0 Å². The fourth-order valence-corrected chi connectivity index (χ4v) is 2.68. The van der Waals surface area contributed by atoms with E-state index >= 15 is 0 Å². The second-order valence-corrected chi connectivity index (χ2v) is 5.67. The second kappa shape index (κ2) is 6.87. The van der Waals surface area contributed by atoms with Crippen molar-refractivity contribution < 1.29 is 0 Å². The molecule has 0 aliphatic carbocycles. The first kappa shape index (κ1) is 14.3. The lowest BCUT2D eigenvalue weighted by Crippen LogP contribution is -2.26. The summed E-state index contributed by atoms with van der Waals surface area (Å²) in [5.74, 6) is 0. The summed E-state index contributed by atoms with van der Waals surface area (Å²) in [7, 11) is 2.14. The van der Waals surface area contributed by atoms with Crippen LogP contribution in [0.2, 0.25) is 0 Å². The Labute approximate surface area is 121 Å². The van der Waals surface area contributed by atoms with Crippen LogP contribution in [0.3, 0.4) is 0 Å². The topological polar surface area (TPSA) is 32.5 Å². The predicted molar refractivity (Wildman–Crippen MR) is 85.9 cm³/mol. The fraction of sp³-hybridized carbons (Fsp3) is 0.533. The molecule has 19 heavy (non-hydrogen) atoms. The van der Waals surface area contributed by atoms with Crippen LogP contribution in [0.4, 0.5) is 5.69 Å². The van der Waals surface area contributed by atoms with Gasteiger partial charge in [0.1, 0.15) is 4.99 Å². The molecule has 1 saturated heterocycles. The highest BCUT2D eigenvalue weighted by atomic mass is 32.1. The van der Waals surface area contributed by atoms with Crippen molar-refractivity contribution in [1.82, 2.24) is 4.90 Å². The first-order valence-corrected chi connectivity index (χ1v) is 7.41. The van der Waals surface area contributed by atoms with Crippen LogP contribution in [-0.4, -0.2) is 43.1 Å². The van der Waals surface area contributed by atoms with Gasteiger partial charge in [0.05, 0.1) is 0 Å². The van der Waals surface area contributed by atoms with Gasteiger partial charge in [-0.15, -0.1) is 0 Å². The molecule has 2 rings (SSSR count). The van der Waals surface area contributed by atoms with Crippen LogP contribution < -0.4 is 10.6 Å². The van der Waals surface area contributed by atoms with Crippen molar-refractivity contribution in [2.24, 2.45) is 5.73 Å². The maximum Gasteiger partial charge on any atom is 0.103 e. The standard InChI is InChI=1S/C15H23N3S/c1-17(9-4-12-18-10-2-3-11-18)14-7-5-13(6-8-14)15(16)19/h5-8H,2-4,9-12H2,1H3,(H2,16,19). The molecule has 0 amide bonds. The third-order valence-electron chi connectivity index (χ3n) is 3.76. The van der Waals surface area contributed by atoms with E-state index in [9.17, 15) is 0 Å². The molecule has 0 spiro atoms. The average Bonchev–Trinajstić information content (AvgIpc) is 2.92. The van der Waals surface area contributed by atoms with Crippen LogP contribution in [0.1, 0.15) is 24.8 Å². The maximum absolute atomic E-state index is 5.60. The van der Waals surface area contributed by atoms with Gasteiger partial charge in [-0.25, -0.2) is 0 Å². The first-order chi connectivity index (χ1) is 9.16. The summed E-state index contributed by atoms with van der Waals surface area (Å²) in [5.41, 5.74) is 7.76. The number of benzene rings is 1. The zero-order valence-corrected chi connectivity index (χ0v) is 12.5. The zero-order valence-electron chi connectivity index (χ0n) is 11.6. The lowest BCUT2D eigenvalue weighted by molar-refractivity contribution is 0.335. The van der Waals surface area contributed by atoms with E-state index in [1.807, 2.05) is 12.1 Å². The number of nitrogens with zero attached hydrogens (tertiary/aromatic N) is 2. The highest BCUT2D eigenvalue weighted by molar-refractivity contribution is 7.80. The Bertz CT molecular complexity index is 410. The molecule has 1 aromatic rings. The van der Waals surface area contributed by atoms with Gasteiger partial charge in [0.25, 0.3) is 0 Å². The van der Waals surface area contributed by atoms with Crippen molar-refractivity contribution in [3.05, 3.63) is 29.8 Å². The number of hydrogen-bond acceptors (Lipinski definition) is 3. The molecule has 4 heteroatoms. The number of likely N-dealkylation sites (tertiary alicyclic amines) is 1. The van der Waals surface area contributed by atoms with Gasteiger partial charge < -0.3 is 15.5 Å². The molecular weight excluding hydrogens is 254 g/mol. The van der Waals surface area contributed by atoms with Crippen LogP contribution >= 0.6 is 12.2 Å². The second-order valence-electron chi connectivity index (χ2n) is 5.23. The molecule has 1 heterocycles. The number of nitrogens with two attached hydrogens (primary N) is 1. The van der Waals surface area contributed by atoms with Crippen molar-refractivity contribution >= 4 is 22.9 Å². The Morgan fingerprint density at radius 2 is 1.89 bits per heavy atom. The molecule has 1 fully saturated rings. The normalized spacial score (nSPS) is 15.6. The average molecular weight is 277 g/mol. The van der Waals surface area contributed by atoms with E-state index in [1.54, 1.807) is 0 Å². The number of rotatable bonds is 6. The van der Waals surface area contributed by atoms with Gasteiger partial charge >= 0.3 is 0 Å². The third-order valence-corrected chi connectivity index (χ3v) is 3.99. The van der Waals surface area contributed by atoms with Gasteiger partial charge in [0, 0.05) is 24.8 Å². The predicted octanol–water partition coefficient (Wildman–Crippen LogP) is 2.24. The molecule has 1 aliphatic heterocycles. The Morgan fingerprint density at radius 1 is 1.26 bits per heavy atom. The molecule has 0 saturated carbocycles. The Balaban J connectivity index is 1.78. The van der Waals surface area contributed by atoms with Gasteiger partial charge in [-0.3, -0.25) is 0 Å². The van der Waals surface area contributed by atoms with Gasteiger partial charge in [-0.05, 0) is 63.2 Å². The summed E-state index contributed by atoms with van der Waals surface area (Å²) < 4.78 is 0. The summed E-state index contributed by atoms with van der Waals surface area (Å²) >= 11 is 4.96. The van der Waals surface area contributed by atoms with E-state index in [2.05, 4.69) is 29.0 Å². The van der Waals surface area contributed by atoms with Gasteiger partial charge in [-0.2, -0.15) is 0 Å². The Hall–Kier alpha value is -1.13. The van der Waals surface area contributed by atoms with Crippen LogP contribution in [0.25, 0.3) is 0 Å². The minimum absolute atomic E-state index is 0.461. The maximum atomic E-state index is 5.60. The van der Waals surface area contributed by atoms with Crippen molar-refractivity contribution in [3.8, 4) is 0 Å². The molecule has 2 N–H and O–H groups in total. The molecular formula is C15H23N3S. The third kappa shape index (κ3) is 4.18. The van der Waals surface area contributed by atoms with Crippen LogP contribution in [-0.2, 0) is 0 Å². The van der Waals surface area contributed by atoms with Crippen LogP contribution in [0.5, 0.6) is 0 Å². The first-order valence-electron chi connectivity index (χ1n) is 7.00. The molecule has 0 bridgehead atoms. The van der Waals surface area contributed by atoms with Gasteiger partial charge in [0.15, 0.2) is 0 Å². The smallest absolute Gasteiger partial charge is 0.103 e. The van der Waals surface area contributed by atoms with Crippen molar-refractivity contribution in [3.63, 3.8) is 0 Å². The van der Waals surface area contributed by atoms with E-state index in [1.165, 1.54) is 44.6 Å². The largest absolute Gasteiger partial charge is 0.389 e. The van der Waals surface area contributed by atoms with E-state index in [0.29, 0.717) is 4.99 Å². The number of thiocarbonyl (C=S) groups is 1. The van der Waals surface area contributed by atoms with E-state index in [0.717, 1.165) is 12.1 Å². The monoisotopic (exact) mass is 277 g/mol. The van der Waals surface area contributed by atoms with Gasteiger partial charge in [-0.1, -0.05) is 12.2 Å². The molecule has 0 atom stereocenters. The number of anilines is 1. The van der Waals surface area contributed by atoms with Gasteiger partial charge in [0.2, 0.25) is 0 Å². The molecule has 104 valence electrons. The van der Waals surface area contributed by atoms with Crippen LogP contribution in [0.15, 0.2) is 24.3 Å². The minimum atomic E-state index is 0.461. The fourth-order valence-electron chi connectivity index (χ4n) is 2.55. The van der Waals surface area contributed by atoms with E-state index < -0.39 is 0 Å². The van der Waals surface area contributed by atoms with Crippen LogP contribution in [0, 0.1) is 0 Å². The Morgan fingerprint density at radius 3 is 2.47 bits per heavy atom. The summed E-state index contributed by atoms with van der Waals surface area (Å²) in [4.78, 5) is 5.31. The van der Waals surface area contributed by atoms with E-state index in [4.69, 9.17) is 18.0 Å². The minimum Gasteiger partial charge on any atom is -0.389 e. The summed E-state index contributed by atoms with van der Waals surface area (Å²) in [5, 5.41) is 0. The lowest BCUT2D eigenvalue weighted by atomic mass is 10.2. The highest BCUT2D eigenvalue weighted by Gasteiger charge is 2.11. The van der Waals surface area contributed by atoms with Crippen molar-refractivity contribution in [2.75, 3.05) is 38.1 Å². The zero-order chi connectivity index (χ0) is 13.7. The molecule has 1 aliphatic rings. The number of hydrogen-bond donors (Lipinski definition) is 1. The summed E-state index contributed by atoms with van der Waals surface area (Å²) in [6, 6.07) is 8.16. The molecule has 0 unspecified atom stereocenters. The SMILES string of the molecule is CN(CCCN1CCCC1)c1ccc(C(N)=S)cc1. The molecule has 1 aromatic carbocycles. The quantitative estimate of drug-likeness (QED) is 0.808. The summed E-state index contributed by atoms with van der Waals surface area (Å²) in [6.07, 6.45) is 3.96. The Kier molecular flexibility index (Phi) is 5.16. The molecule has 0 aromatic heterocycles. The van der Waals surface area contributed by atoms with Crippen molar-refractivity contribution in [1.29, 1.82) is 0 Å².